The van der Waals surface area contributed by atoms with E-state index >= 15 is 0 Å². The molecule has 2 rings (SSSR count). The van der Waals surface area contributed by atoms with Gasteiger partial charge in [0.25, 0.3) is 5.91 Å². The lowest BCUT2D eigenvalue weighted by Crippen LogP contribution is -2.46. The van der Waals surface area contributed by atoms with E-state index in [1.165, 1.54) is 0 Å². The summed E-state index contributed by atoms with van der Waals surface area (Å²) in [4.78, 5) is 38.0. The number of halogens is 1. The molecule has 1 aliphatic rings. The van der Waals surface area contributed by atoms with Gasteiger partial charge in [-0.25, -0.2) is 4.79 Å². The zero-order valence-electron chi connectivity index (χ0n) is 14.2. The number of nitrogens with zero attached hydrogens (tertiary/aromatic N) is 1. The van der Waals surface area contributed by atoms with Crippen LogP contribution in [0.5, 0.6) is 0 Å². The van der Waals surface area contributed by atoms with Gasteiger partial charge in [-0.15, -0.1) is 0 Å². The van der Waals surface area contributed by atoms with E-state index in [0.29, 0.717) is 5.56 Å². The van der Waals surface area contributed by atoms with Crippen molar-refractivity contribution < 1.29 is 14.4 Å². The van der Waals surface area contributed by atoms with Crippen molar-refractivity contribution in [2.45, 2.75) is 39.3 Å². The summed E-state index contributed by atoms with van der Waals surface area (Å²) in [5.41, 5.74) is -0.515. The summed E-state index contributed by atoms with van der Waals surface area (Å²) in [6.45, 7) is 7.22. The van der Waals surface area contributed by atoms with Gasteiger partial charge in [0, 0.05) is 10.5 Å². The fourth-order valence-electron chi connectivity index (χ4n) is 2.45. The highest BCUT2D eigenvalue weighted by molar-refractivity contribution is 9.10. The van der Waals surface area contributed by atoms with Crippen LogP contribution in [0, 0.1) is 5.92 Å². The van der Waals surface area contributed by atoms with Crippen LogP contribution in [-0.2, 0) is 15.1 Å². The quantitative estimate of drug-likeness (QED) is 0.751. The van der Waals surface area contributed by atoms with E-state index in [1.807, 2.05) is 26.8 Å². The second-order valence-corrected chi connectivity index (χ2v) is 7.47. The Morgan fingerprint density at radius 2 is 2.00 bits per heavy atom. The van der Waals surface area contributed by atoms with E-state index in [1.54, 1.807) is 25.1 Å². The molecule has 1 aliphatic heterocycles. The van der Waals surface area contributed by atoms with Gasteiger partial charge in [0.1, 0.15) is 12.1 Å². The number of urea groups is 1. The molecule has 1 fully saturated rings. The third-order valence-corrected chi connectivity index (χ3v) is 4.86. The molecule has 1 saturated heterocycles. The largest absolute Gasteiger partial charge is 0.352 e. The van der Waals surface area contributed by atoms with Gasteiger partial charge in [0.2, 0.25) is 5.91 Å². The van der Waals surface area contributed by atoms with E-state index < -0.39 is 17.5 Å². The zero-order chi connectivity index (χ0) is 18.1. The number of imide groups is 1. The van der Waals surface area contributed by atoms with Crippen molar-refractivity contribution in [2.24, 2.45) is 5.92 Å². The van der Waals surface area contributed by atoms with E-state index in [4.69, 9.17) is 0 Å². The molecule has 1 heterocycles. The molecule has 2 N–H and O–H groups in total. The lowest BCUT2D eigenvalue weighted by atomic mass is 9.92. The maximum absolute atomic E-state index is 12.8. The van der Waals surface area contributed by atoms with E-state index in [0.717, 1.165) is 9.37 Å². The lowest BCUT2D eigenvalue weighted by Gasteiger charge is -2.23. The Bertz CT molecular complexity index is 677. The SMILES string of the molecule is CC(C)[C@H](C)NC(=O)CN1C(=O)N[C@](C)(c2cccc(Br)c2)C1=O. The van der Waals surface area contributed by atoms with Crippen molar-refractivity contribution in [3.63, 3.8) is 0 Å². The van der Waals surface area contributed by atoms with Gasteiger partial charge in [-0.05, 0) is 37.5 Å². The highest BCUT2D eigenvalue weighted by Crippen LogP contribution is 2.30. The molecule has 2 atom stereocenters. The van der Waals surface area contributed by atoms with Gasteiger partial charge in [-0.1, -0.05) is 41.9 Å². The minimum absolute atomic E-state index is 0.0327. The Morgan fingerprint density at radius 3 is 2.58 bits per heavy atom. The average Bonchev–Trinajstić information content (AvgIpc) is 2.71. The number of benzene rings is 1. The number of rotatable bonds is 5. The van der Waals surface area contributed by atoms with Crippen LogP contribution in [0.4, 0.5) is 4.79 Å². The summed E-state index contributed by atoms with van der Waals surface area (Å²) in [6.07, 6.45) is 0. The second-order valence-electron chi connectivity index (χ2n) is 6.56. The van der Waals surface area contributed by atoms with E-state index in [2.05, 4.69) is 26.6 Å². The van der Waals surface area contributed by atoms with E-state index in [-0.39, 0.29) is 24.4 Å². The van der Waals surface area contributed by atoms with Gasteiger partial charge >= 0.3 is 6.03 Å². The predicted octanol–water partition coefficient (Wildman–Crippen LogP) is 2.38. The first kappa shape index (κ1) is 18.4. The van der Waals surface area contributed by atoms with Crippen LogP contribution in [0.3, 0.4) is 0 Å². The lowest BCUT2D eigenvalue weighted by molar-refractivity contribution is -0.135. The summed E-state index contributed by atoms with van der Waals surface area (Å²) in [6, 6.07) is 6.59. The second kappa shape index (κ2) is 6.93. The number of carbonyl (C=O) groups excluding carboxylic acids is 3. The minimum atomic E-state index is -1.18. The Morgan fingerprint density at radius 1 is 1.33 bits per heavy atom. The Labute approximate surface area is 150 Å². The highest BCUT2D eigenvalue weighted by Gasteiger charge is 2.49. The average molecular weight is 396 g/mol. The molecule has 6 nitrogen and oxygen atoms in total. The van der Waals surface area contributed by atoms with Crippen LogP contribution in [-0.4, -0.2) is 35.3 Å². The predicted molar refractivity (Wildman–Crippen MR) is 94.2 cm³/mol. The third-order valence-electron chi connectivity index (χ3n) is 4.37. The van der Waals surface area contributed by atoms with Gasteiger partial charge in [0.05, 0.1) is 0 Å². The Balaban J connectivity index is 2.15. The first-order valence-corrected chi connectivity index (χ1v) is 8.64. The molecule has 130 valence electrons. The Kier molecular flexibility index (Phi) is 5.32. The molecule has 7 heteroatoms. The maximum Gasteiger partial charge on any atom is 0.325 e. The highest BCUT2D eigenvalue weighted by atomic mass is 79.9. The van der Waals surface area contributed by atoms with Gasteiger partial charge in [-0.3, -0.25) is 14.5 Å². The summed E-state index contributed by atoms with van der Waals surface area (Å²) >= 11 is 3.36. The van der Waals surface area contributed by atoms with Crippen molar-refractivity contribution in [2.75, 3.05) is 6.54 Å². The zero-order valence-corrected chi connectivity index (χ0v) is 15.8. The molecule has 1 aromatic rings. The van der Waals surface area contributed by atoms with Gasteiger partial charge in [-0.2, -0.15) is 0 Å². The maximum atomic E-state index is 12.8. The summed E-state index contributed by atoms with van der Waals surface area (Å²) < 4.78 is 0.810. The smallest absolute Gasteiger partial charge is 0.325 e. The van der Waals surface area contributed by atoms with Crippen molar-refractivity contribution in [3.05, 3.63) is 34.3 Å². The number of nitrogens with one attached hydrogen (secondary N) is 2. The van der Waals surface area contributed by atoms with Crippen molar-refractivity contribution >= 4 is 33.8 Å². The van der Waals surface area contributed by atoms with Crippen molar-refractivity contribution in [1.82, 2.24) is 15.5 Å². The van der Waals surface area contributed by atoms with Crippen LogP contribution in [0.25, 0.3) is 0 Å². The van der Waals surface area contributed by atoms with Crippen molar-refractivity contribution in [3.8, 4) is 0 Å². The first-order chi connectivity index (χ1) is 11.1. The molecular weight excluding hydrogens is 374 g/mol. The Hall–Kier alpha value is -1.89. The normalized spacial score (nSPS) is 21.8. The third kappa shape index (κ3) is 3.61. The molecule has 0 spiro atoms. The summed E-state index contributed by atoms with van der Waals surface area (Å²) in [5.74, 6) is -0.514. The van der Waals surface area contributed by atoms with Crippen LogP contribution in [0.2, 0.25) is 0 Å². The van der Waals surface area contributed by atoms with Crippen LogP contribution >= 0.6 is 15.9 Å². The number of hydrogen-bond donors (Lipinski definition) is 2. The number of hydrogen-bond acceptors (Lipinski definition) is 3. The number of carbonyl (C=O) groups is 3. The monoisotopic (exact) mass is 395 g/mol. The summed E-state index contributed by atoms with van der Waals surface area (Å²) in [5, 5.41) is 5.49. The topological polar surface area (TPSA) is 78.5 Å². The molecule has 0 aliphatic carbocycles. The fraction of sp³-hybridized carbons (Fsp3) is 0.471. The van der Waals surface area contributed by atoms with Crippen LogP contribution in [0.1, 0.15) is 33.3 Å². The van der Waals surface area contributed by atoms with Gasteiger partial charge < -0.3 is 10.6 Å². The van der Waals surface area contributed by atoms with Crippen molar-refractivity contribution in [1.29, 1.82) is 0 Å². The number of amides is 4. The summed E-state index contributed by atoms with van der Waals surface area (Å²) in [7, 11) is 0. The van der Waals surface area contributed by atoms with Gasteiger partial charge in [0.15, 0.2) is 0 Å². The van der Waals surface area contributed by atoms with Crippen LogP contribution in [0.15, 0.2) is 28.7 Å². The molecule has 1 aromatic carbocycles. The molecule has 4 amide bonds. The fourth-order valence-corrected chi connectivity index (χ4v) is 2.84. The van der Waals surface area contributed by atoms with E-state index in [9.17, 15) is 14.4 Å². The molecule has 0 unspecified atom stereocenters. The standard InChI is InChI=1S/C17H22BrN3O3/c1-10(2)11(3)19-14(22)9-21-15(23)17(4,20-16(21)24)12-6-5-7-13(18)8-12/h5-8,10-11H,9H2,1-4H3,(H,19,22)(H,20,24)/t11-,17+/m0/s1. The molecule has 24 heavy (non-hydrogen) atoms. The molecule has 0 radical (unpaired) electrons. The molecule has 0 aromatic heterocycles. The molecule has 0 saturated carbocycles. The minimum Gasteiger partial charge on any atom is -0.352 e. The molecule has 0 bridgehead atoms. The first-order valence-electron chi connectivity index (χ1n) is 7.84. The molecular formula is C17H22BrN3O3. The van der Waals surface area contributed by atoms with Crippen LogP contribution < -0.4 is 10.6 Å².